The minimum Gasteiger partial charge on any atom is -0.481 e. The summed E-state index contributed by atoms with van der Waals surface area (Å²) in [6.45, 7) is 0.851. The second-order valence-electron chi connectivity index (χ2n) is 10.0. The van der Waals surface area contributed by atoms with E-state index in [0.29, 0.717) is 41.5 Å². The van der Waals surface area contributed by atoms with Crippen LogP contribution in [0.4, 0.5) is 0 Å². The summed E-state index contributed by atoms with van der Waals surface area (Å²) in [7, 11) is 0. The lowest BCUT2D eigenvalue weighted by Crippen LogP contribution is -2.43. The van der Waals surface area contributed by atoms with Gasteiger partial charge in [0.15, 0.2) is 0 Å². The Hall–Kier alpha value is -3.65. The van der Waals surface area contributed by atoms with Gasteiger partial charge in [-0.15, -0.1) is 11.3 Å². The summed E-state index contributed by atoms with van der Waals surface area (Å²) in [6.07, 6.45) is 3.92. The first-order valence-electron chi connectivity index (χ1n) is 13.3. The van der Waals surface area contributed by atoms with Gasteiger partial charge < -0.3 is 15.3 Å². The zero-order chi connectivity index (χ0) is 28.9. The number of carbonyl (C=O) groups is 3. The van der Waals surface area contributed by atoms with Crippen molar-refractivity contribution in [2.45, 2.75) is 25.3 Å². The molecule has 1 aliphatic heterocycles. The van der Waals surface area contributed by atoms with Gasteiger partial charge in [-0.25, -0.2) is 0 Å². The van der Waals surface area contributed by atoms with Crippen LogP contribution in [0.3, 0.4) is 0 Å². The molecular formula is C32H28Cl2N2O4S. The Bertz CT molecular complexity index is 1590. The van der Waals surface area contributed by atoms with Crippen molar-refractivity contribution in [3.8, 4) is 11.1 Å². The topological polar surface area (TPSA) is 86.7 Å². The predicted octanol–water partition coefficient (Wildman–Crippen LogP) is 7.46. The van der Waals surface area contributed by atoms with Crippen LogP contribution in [0.2, 0.25) is 10.0 Å². The van der Waals surface area contributed by atoms with E-state index in [-0.39, 0.29) is 24.2 Å². The zero-order valence-corrected chi connectivity index (χ0v) is 24.4. The fourth-order valence-electron chi connectivity index (χ4n) is 5.07. The number of benzene rings is 3. The highest BCUT2D eigenvalue weighted by Crippen LogP contribution is 2.37. The number of fused-ring (bicyclic) bond motifs is 1. The molecule has 1 aliphatic rings. The van der Waals surface area contributed by atoms with Crippen molar-refractivity contribution in [2.75, 3.05) is 13.1 Å². The van der Waals surface area contributed by atoms with E-state index in [9.17, 15) is 19.5 Å². The molecule has 1 aromatic heterocycles. The lowest BCUT2D eigenvalue weighted by Gasteiger charge is -2.31. The van der Waals surface area contributed by atoms with Crippen LogP contribution in [0.15, 0.2) is 78.2 Å². The van der Waals surface area contributed by atoms with E-state index in [0.717, 1.165) is 26.8 Å². The molecule has 1 fully saturated rings. The van der Waals surface area contributed by atoms with Gasteiger partial charge >= 0.3 is 5.97 Å². The Morgan fingerprint density at radius 2 is 1.66 bits per heavy atom. The van der Waals surface area contributed by atoms with Crippen molar-refractivity contribution >= 4 is 68.5 Å². The van der Waals surface area contributed by atoms with E-state index in [1.807, 2.05) is 72.1 Å². The number of nitrogens with zero attached hydrogens (tertiary/aromatic N) is 1. The largest absolute Gasteiger partial charge is 0.481 e. The van der Waals surface area contributed by atoms with Gasteiger partial charge in [-0.2, -0.15) is 0 Å². The minimum atomic E-state index is -0.992. The van der Waals surface area contributed by atoms with E-state index in [2.05, 4.69) is 5.32 Å². The maximum Gasteiger partial charge on any atom is 0.305 e. The molecule has 2 N–H and O–H groups in total. The molecule has 5 rings (SSSR count). The summed E-state index contributed by atoms with van der Waals surface area (Å²) >= 11 is 14.3. The third kappa shape index (κ3) is 6.81. The minimum absolute atomic E-state index is 0.163. The van der Waals surface area contributed by atoms with Crippen LogP contribution in [0.25, 0.3) is 27.3 Å². The van der Waals surface area contributed by atoms with E-state index in [1.54, 1.807) is 11.0 Å². The molecule has 6 nitrogen and oxygen atoms in total. The number of carboxylic acid groups (broad SMARTS) is 1. The van der Waals surface area contributed by atoms with Gasteiger partial charge in [0.2, 0.25) is 11.8 Å². The Morgan fingerprint density at radius 1 is 0.976 bits per heavy atom. The first kappa shape index (κ1) is 28.9. The van der Waals surface area contributed by atoms with Crippen LogP contribution >= 0.6 is 34.5 Å². The van der Waals surface area contributed by atoms with Crippen molar-refractivity contribution in [3.63, 3.8) is 0 Å². The summed E-state index contributed by atoms with van der Waals surface area (Å²) in [5.74, 6) is -1.66. The second kappa shape index (κ2) is 12.9. The predicted molar refractivity (Wildman–Crippen MR) is 165 cm³/mol. The molecule has 41 heavy (non-hydrogen) atoms. The number of carbonyl (C=O) groups excluding carboxylic acids is 2. The molecule has 0 saturated carbocycles. The van der Waals surface area contributed by atoms with Crippen LogP contribution in [0.5, 0.6) is 0 Å². The van der Waals surface area contributed by atoms with Crippen molar-refractivity contribution in [2.24, 2.45) is 5.92 Å². The second-order valence-corrected chi connectivity index (χ2v) is 11.7. The molecule has 9 heteroatoms. The molecule has 2 amide bonds. The Morgan fingerprint density at radius 3 is 2.34 bits per heavy atom. The first-order valence-corrected chi connectivity index (χ1v) is 14.9. The molecule has 210 valence electrons. The van der Waals surface area contributed by atoms with Gasteiger partial charge in [0, 0.05) is 25.1 Å². The third-order valence-electron chi connectivity index (χ3n) is 7.35. The van der Waals surface area contributed by atoms with Crippen LogP contribution in [0, 0.1) is 5.92 Å². The van der Waals surface area contributed by atoms with Crippen LogP contribution in [-0.4, -0.2) is 40.9 Å². The van der Waals surface area contributed by atoms with Gasteiger partial charge in [-0.05, 0) is 64.1 Å². The standard InChI is InChI=1S/C32H28Cl2N2O4S/c33-29-24(18-25-14-17-41-31(25)30(29)34)10-11-27(37)36-15-12-23(13-16-36)32(40)35-26(19-28(38)39)22-8-6-21(7-9-22)20-4-2-1-3-5-20/h1-11,14,17-18,23,26H,12-13,15-16,19H2,(H,35,40)(H,38,39). The number of nitrogens with one attached hydrogen (secondary N) is 1. The molecule has 0 spiro atoms. The number of rotatable bonds is 8. The molecule has 1 atom stereocenters. The molecule has 4 aromatic rings. The molecule has 0 radical (unpaired) electrons. The van der Waals surface area contributed by atoms with Crippen molar-refractivity contribution in [3.05, 3.63) is 99.4 Å². The maximum absolute atomic E-state index is 13.1. The van der Waals surface area contributed by atoms with Crippen molar-refractivity contribution in [1.29, 1.82) is 0 Å². The normalized spacial score (nSPS) is 14.8. The smallest absolute Gasteiger partial charge is 0.305 e. The van der Waals surface area contributed by atoms with E-state index < -0.39 is 12.0 Å². The van der Waals surface area contributed by atoms with E-state index in [1.165, 1.54) is 17.4 Å². The van der Waals surface area contributed by atoms with E-state index >= 15 is 0 Å². The highest BCUT2D eigenvalue weighted by atomic mass is 35.5. The van der Waals surface area contributed by atoms with Crippen molar-refractivity contribution < 1.29 is 19.5 Å². The molecule has 2 heterocycles. The molecular weight excluding hydrogens is 579 g/mol. The summed E-state index contributed by atoms with van der Waals surface area (Å²) in [6, 6.07) is 20.7. The monoisotopic (exact) mass is 606 g/mol. The number of piperidine rings is 1. The maximum atomic E-state index is 13.1. The average molecular weight is 608 g/mol. The number of likely N-dealkylation sites (tertiary alicyclic amines) is 1. The zero-order valence-electron chi connectivity index (χ0n) is 22.1. The molecule has 1 unspecified atom stereocenters. The first-order chi connectivity index (χ1) is 19.8. The molecule has 3 aromatic carbocycles. The number of amides is 2. The van der Waals surface area contributed by atoms with E-state index in [4.69, 9.17) is 23.2 Å². The summed E-state index contributed by atoms with van der Waals surface area (Å²) in [5, 5.41) is 16.2. The number of thiophene rings is 1. The summed E-state index contributed by atoms with van der Waals surface area (Å²) in [4.78, 5) is 39.3. The van der Waals surface area contributed by atoms with Gasteiger partial charge in [0.05, 0.1) is 27.2 Å². The Balaban J connectivity index is 1.19. The van der Waals surface area contributed by atoms with Crippen molar-refractivity contribution in [1.82, 2.24) is 10.2 Å². The highest BCUT2D eigenvalue weighted by Gasteiger charge is 2.29. The fraction of sp³-hybridized carbons (Fsp3) is 0.219. The SMILES string of the molecule is O=C(O)CC(NC(=O)C1CCN(C(=O)C=Cc2cc3ccsc3c(Cl)c2Cl)CC1)c1ccc(-c2ccccc2)cc1. The lowest BCUT2D eigenvalue weighted by molar-refractivity contribution is -0.138. The van der Waals surface area contributed by atoms with Gasteiger partial charge in [-0.3, -0.25) is 14.4 Å². The van der Waals surface area contributed by atoms with Crippen LogP contribution in [-0.2, 0) is 14.4 Å². The lowest BCUT2D eigenvalue weighted by atomic mass is 9.94. The molecule has 0 aliphatic carbocycles. The van der Waals surface area contributed by atoms with Crippen LogP contribution in [0.1, 0.15) is 36.4 Å². The number of hydrogen-bond acceptors (Lipinski definition) is 4. The summed E-state index contributed by atoms with van der Waals surface area (Å²) in [5.41, 5.74) is 3.48. The number of hydrogen-bond donors (Lipinski definition) is 2. The Kier molecular flexibility index (Phi) is 9.08. The van der Waals surface area contributed by atoms with Gasteiger partial charge in [0.1, 0.15) is 0 Å². The van der Waals surface area contributed by atoms with Crippen LogP contribution < -0.4 is 5.32 Å². The third-order valence-corrected chi connectivity index (χ3v) is 9.29. The number of halogens is 2. The van der Waals surface area contributed by atoms with Gasteiger partial charge in [0.25, 0.3) is 0 Å². The molecule has 1 saturated heterocycles. The number of aliphatic carboxylic acids is 1. The van der Waals surface area contributed by atoms with Gasteiger partial charge in [-0.1, -0.05) is 77.8 Å². The quantitative estimate of drug-likeness (QED) is 0.204. The highest BCUT2D eigenvalue weighted by molar-refractivity contribution is 7.18. The fourth-order valence-corrected chi connectivity index (χ4v) is 6.51. The average Bonchev–Trinajstić information content (AvgIpc) is 3.47. The molecule has 0 bridgehead atoms. The summed E-state index contributed by atoms with van der Waals surface area (Å²) < 4.78 is 0.912. The number of carboxylic acids is 1. The Labute approximate surface area is 252 Å².